The molecule has 0 fully saturated rings. The third-order valence-corrected chi connectivity index (χ3v) is 3.66. The molecule has 1 aromatic rings. The highest BCUT2D eigenvalue weighted by atomic mass is 19.4. The lowest BCUT2D eigenvalue weighted by atomic mass is 9.93. The van der Waals surface area contributed by atoms with Crippen molar-refractivity contribution >= 4 is 0 Å². The molecule has 1 nitrogen and oxygen atoms in total. The van der Waals surface area contributed by atoms with Gasteiger partial charge in [-0.2, -0.15) is 57.1 Å². The Morgan fingerprint density at radius 3 is 1.63 bits per heavy atom. The molecule has 0 saturated heterocycles. The van der Waals surface area contributed by atoms with E-state index in [0.29, 0.717) is 18.2 Å². The number of benzene rings is 1. The SMILES string of the molecule is Oc1ccc(F)cc1C/C=C/C(F)(F)C(F)(F)C(F)(F)C(F)(F)C(F)(F)C(F)(F)F. The quantitative estimate of drug-likeness (QED) is 0.363. The monoisotopic (exact) mass is 470 g/mol. The summed E-state index contributed by atoms with van der Waals surface area (Å²) in [6.45, 7) is 0. The number of phenolic OH excluding ortho intramolecular Hbond substituents is 1. The standard InChI is InChI=1S/C15H8F14O/c16-8-3-4-9(30)7(6-8)2-1-5-10(17,18)11(19,20)12(21,22)13(23,24)14(25,26)15(27,28)29/h1,3-6,30H,2H2/b5-1+. The van der Waals surface area contributed by atoms with Gasteiger partial charge in [-0.05, 0) is 30.7 Å². The topological polar surface area (TPSA) is 20.2 Å². The molecular weight excluding hydrogens is 462 g/mol. The normalized spacial score (nSPS) is 15.1. The lowest BCUT2D eigenvalue weighted by molar-refractivity contribution is -0.436. The van der Waals surface area contributed by atoms with Gasteiger partial charge < -0.3 is 5.11 Å². The Bertz CT molecular complexity index is 793. The zero-order valence-corrected chi connectivity index (χ0v) is 13.8. The van der Waals surface area contributed by atoms with Gasteiger partial charge >= 0.3 is 35.8 Å². The first-order valence-electron chi connectivity index (χ1n) is 7.24. The second kappa shape index (κ2) is 7.48. The number of rotatable bonds is 7. The fourth-order valence-corrected chi connectivity index (χ4v) is 1.94. The lowest BCUT2D eigenvalue weighted by Gasteiger charge is -2.39. The number of allylic oxidation sites excluding steroid dienone is 2. The van der Waals surface area contributed by atoms with Gasteiger partial charge in [0.2, 0.25) is 0 Å². The van der Waals surface area contributed by atoms with E-state index in [1.54, 1.807) is 0 Å². The number of phenols is 1. The van der Waals surface area contributed by atoms with E-state index in [2.05, 4.69) is 0 Å². The Hall–Kier alpha value is -2.22. The van der Waals surface area contributed by atoms with Crippen molar-refractivity contribution in [3.63, 3.8) is 0 Å². The highest BCUT2D eigenvalue weighted by molar-refractivity contribution is 5.34. The van der Waals surface area contributed by atoms with Crippen LogP contribution in [0.1, 0.15) is 5.56 Å². The van der Waals surface area contributed by atoms with E-state index >= 15 is 0 Å². The Balaban J connectivity index is 3.30. The van der Waals surface area contributed by atoms with Crippen LogP contribution in [-0.4, -0.2) is 40.9 Å². The van der Waals surface area contributed by atoms with Crippen molar-refractivity contribution in [1.29, 1.82) is 0 Å². The molecule has 0 aliphatic heterocycles. The minimum absolute atomic E-state index is 0.140. The number of alkyl halides is 13. The van der Waals surface area contributed by atoms with Crippen molar-refractivity contribution in [2.45, 2.75) is 42.2 Å². The van der Waals surface area contributed by atoms with Crippen LogP contribution in [0.15, 0.2) is 30.4 Å². The van der Waals surface area contributed by atoms with Crippen LogP contribution >= 0.6 is 0 Å². The average Bonchev–Trinajstić information content (AvgIpc) is 2.56. The van der Waals surface area contributed by atoms with E-state index in [0.717, 1.165) is 0 Å². The summed E-state index contributed by atoms with van der Waals surface area (Å²) in [5.41, 5.74) is -0.564. The zero-order valence-electron chi connectivity index (χ0n) is 13.8. The van der Waals surface area contributed by atoms with E-state index in [1.807, 2.05) is 0 Å². The predicted molar refractivity (Wildman–Crippen MR) is 71.7 cm³/mol. The van der Waals surface area contributed by atoms with Crippen LogP contribution in [0.3, 0.4) is 0 Å². The van der Waals surface area contributed by atoms with Gasteiger partial charge in [0.15, 0.2) is 0 Å². The Labute approximate surface area is 157 Å². The smallest absolute Gasteiger partial charge is 0.460 e. The highest BCUT2D eigenvalue weighted by Gasteiger charge is 2.90. The average molecular weight is 470 g/mol. The van der Waals surface area contributed by atoms with Crippen LogP contribution in [0.4, 0.5) is 61.5 Å². The van der Waals surface area contributed by atoms with Gasteiger partial charge in [-0.25, -0.2) is 4.39 Å². The summed E-state index contributed by atoms with van der Waals surface area (Å²) < 4.78 is 181. The van der Waals surface area contributed by atoms with Crippen molar-refractivity contribution in [2.24, 2.45) is 0 Å². The minimum atomic E-state index is -7.97. The molecule has 15 heteroatoms. The molecule has 0 unspecified atom stereocenters. The fraction of sp³-hybridized carbons (Fsp3) is 0.467. The molecule has 0 spiro atoms. The maximum atomic E-state index is 13.5. The zero-order chi connectivity index (χ0) is 24.0. The van der Waals surface area contributed by atoms with Crippen LogP contribution in [0.2, 0.25) is 0 Å². The molecule has 1 rings (SSSR count). The van der Waals surface area contributed by atoms with Crippen molar-refractivity contribution < 1.29 is 66.6 Å². The number of halogens is 14. The third-order valence-electron chi connectivity index (χ3n) is 3.66. The van der Waals surface area contributed by atoms with E-state index in [9.17, 15) is 66.6 Å². The molecule has 0 bridgehead atoms. The molecule has 0 radical (unpaired) electrons. The summed E-state index contributed by atoms with van der Waals surface area (Å²) >= 11 is 0. The molecule has 0 atom stereocenters. The van der Waals surface area contributed by atoms with E-state index in [4.69, 9.17) is 0 Å². The summed E-state index contributed by atoms with van der Waals surface area (Å²) in [5, 5.41) is 9.28. The van der Waals surface area contributed by atoms with Gasteiger partial charge in [-0.15, -0.1) is 0 Å². The second-order valence-corrected chi connectivity index (χ2v) is 5.80. The second-order valence-electron chi connectivity index (χ2n) is 5.80. The van der Waals surface area contributed by atoms with Crippen molar-refractivity contribution in [1.82, 2.24) is 0 Å². The van der Waals surface area contributed by atoms with Gasteiger partial charge in [0.25, 0.3) is 0 Å². The molecular formula is C15H8F14O. The third kappa shape index (κ3) is 4.02. The Morgan fingerprint density at radius 1 is 0.700 bits per heavy atom. The fourth-order valence-electron chi connectivity index (χ4n) is 1.94. The number of hydrogen-bond donors (Lipinski definition) is 1. The molecule has 0 saturated carbocycles. The summed E-state index contributed by atoms with van der Waals surface area (Å²) in [6, 6.07) is 1.84. The first-order valence-corrected chi connectivity index (χ1v) is 7.24. The Kier molecular flexibility index (Phi) is 6.44. The highest BCUT2D eigenvalue weighted by Crippen LogP contribution is 2.60. The van der Waals surface area contributed by atoms with E-state index < -0.39 is 65.4 Å². The maximum absolute atomic E-state index is 13.5. The molecule has 1 N–H and O–H groups in total. The Morgan fingerprint density at radius 2 is 1.17 bits per heavy atom. The number of aromatic hydroxyl groups is 1. The largest absolute Gasteiger partial charge is 0.508 e. The summed E-state index contributed by atoms with van der Waals surface area (Å²) in [6.07, 6.45) is -9.85. The van der Waals surface area contributed by atoms with Gasteiger partial charge in [-0.3, -0.25) is 0 Å². The van der Waals surface area contributed by atoms with Crippen LogP contribution < -0.4 is 0 Å². The van der Waals surface area contributed by atoms with E-state index in [1.165, 1.54) is 0 Å². The van der Waals surface area contributed by atoms with Crippen molar-refractivity contribution in [3.05, 3.63) is 41.7 Å². The first-order chi connectivity index (χ1) is 13.1. The molecule has 0 aliphatic rings. The van der Waals surface area contributed by atoms with Crippen LogP contribution in [0.25, 0.3) is 0 Å². The molecule has 0 amide bonds. The molecule has 0 heterocycles. The first kappa shape index (κ1) is 25.8. The summed E-state index contributed by atoms with van der Waals surface area (Å²) in [7, 11) is 0. The van der Waals surface area contributed by atoms with Crippen LogP contribution in [0, 0.1) is 5.82 Å². The molecule has 0 aliphatic carbocycles. The number of hydrogen-bond acceptors (Lipinski definition) is 1. The maximum Gasteiger partial charge on any atom is 0.460 e. The molecule has 30 heavy (non-hydrogen) atoms. The summed E-state index contributed by atoms with van der Waals surface area (Å²) in [4.78, 5) is 0. The lowest BCUT2D eigenvalue weighted by Crippen LogP contribution is -2.69. The van der Waals surface area contributed by atoms with Gasteiger partial charge in [0.1, 0.15) is 11.6 Å². The van der Waals surface area contributed by atoms with Crippen molar-refractivity contribution in [3.8, 4) is 5.75 Å². The van der Waals surface area contributed by atoms with Crippen molar-refractivity contribution in [2.75, 3.05) is 0 Å². The van der Waals surface area contributed by atoms with E-state index in [-0.39, 0.29) is 6.08 Å². The molecule has 172 valence electrons. The minimum Gasteiger partial charge on any atom is -0.508 e. The van der Waals surface area contributed by atoms with Gasteiger partial charge in [0, 0.05) is 5.56 Å². The van der Waals surface area contributed by atoms with Gasteiger partial charge in [-0.1, -0.05) is 6.08 Å². The summed E-state index contributed by atoms with van der Waals surface area (Å²) in [5.74, 6) is -39.3. The van der Waals surface area contributed by atoms with Gasteiger partial charge in [0.05, 0.1) is 0 Å². The van der Waals surface area contributed by atoms with Crippen LogP contribution in [0.5, 0.6) is 5.75 Å². The van der Waals surface area contributed by atoms with Crippen LogP contribution in [-0.2, 0) is 6.42 Å². The predicted octanol–water partition coefficient (Wildman–Crippen LogP) is 6.37. The molecule has 1 aromatic carbocycles. The molecule has 0 aromatic heterocycles.